The van der Waals surface area contributed by atoms with E-state index in [1.165, 1.54) is 26.1 Å². The van der Waals surface area contributed by atoms with Crippen molar-refractivity contribution in [1.29, 1.82) is 0 Å². The Hall–Kier alpha value is -0.0800. The van der Waals surface area contributed by atoms with E-state index in [4.69, 9.17) is 4.74 Å². The van der Waals surface area contributed by atoms with Crippen LogP contribution < -0.4 is 0 Å². The minimum absolute atomic E-state index is 0.524. The van der Waals surface area contributed by atoms with Gasteiger partial charge >= 0.3 is 0 Å². The third-order valence-electron chi connectivity index (χ3n) is 3.71. The molecule has 2 atom stereocenters. The molecule has 0 aliphatic carbocycles. The molecule has 2 rings (SSSR count). The van der Waals surface area contributed by atoms with E-state index in [0.717, 1.165) is 19.1 Å². The lowest BCUT2D eigenvalue weighted by Gasteiger charge is -2.26. The van der Waals surface area contributed by atoms with Gasteiger partial charge in [0.1, 0.15) is 0 Å². The van der Waals surface area contributed by atoms with E-state index in [1.807, 2.05) is 0 Å². The summed E-state index contributed by atoms with van der Waals surface area (Å²) in [6.45, 7) is 10.3. The van der Waals surface area contributed by atoms with Gasteiger partial charge in [0.15, 0.2) is 0 Å². The zero-order valence-electron chi connectivity index (χ0n) is 8.18. The van der Waals surface area contributed by atoms with E-state index in [2.05, 4.69) is 18.7 Å². The molecule has 2 heterocycles. The van der Waals surface area contributed by atoms with Gasteiger partial charge in [-0.1, -0.05) is 13.8 Å². The SMILES string of the molecule is CCN1CCC2(COCC2C)C1. The third kappa shape index (κ3) is 1.17. The van der Waals surface area contributed by atoms with Gasteiger partial charge in [0.2, 0.25) is 0 Å². The molecule has 70 valence electrons. The standard InChI is InChI=1S/C10H19NO/c1-3-11-5-4-10(7-11)8-12-6-9(10)2/h9H,3-8H2,1-2H3. The molecule has 0 amide bonds. The van der Waals surface area contributed by atoms with Crippen LogP contribution in [0.3, 0.4) is 0 Å². The Morgan fingerprint density at radius 3 is 2.92 bits per heavy atom. The first kappa shape index (κ1) is 8.52. The van der Waals surface area contributed by atoms with Gasteiger partial charge in [-0.25, -0.2) is 0 Å². The number of nitrogens with zero attached hydrogens (tertiary/aromatic N) is 1. The topological polar surface area (TPSA) is 12.5 Å². The average Bonchev–Trinajstić information content (AvgIpc) is 2.63. The van der Waals surface area contributed by atoms with Gasteiger partial charge in [0.05, 0.1) is 6.61 Å². The van der Waals surface area contributed by atoms with Crippen LogP contribution in [0.2, 0.25) is 0 Å². The van der Waals surface area contributed by atoms with Crippen LogP contribution in [-0.4, -0.2) is 37.7 Å². The molecular formula is C10H19NO. The lowest BCUT2D eigenvalue weighted by Crippen LogP contribution is -2.32. The van der Waals surface area contributed by atoms with E-state index < -0.39 is 0 Å². The quantitative estimate of drug-likeness (QED) is 0.588. The van der Waals surface area contributed by atoms with Crippen molar-refractivity contribution in [3.63, 3.8) is 0 Å². The highest BCUT2D eigenvalue weighted by molar-refractivity contribution is 4.95. The molecular weight excluding hydrogens is 150 g/mol. The Kier molecular flexibility index (Phi) is 2.13. The average molecular weight is 169 g/mol. The Labute approximate surface area is 74.9 Å². The van der Waals surface area contributed by atoms with Gasteiger partial charge in [-0.3, -0.25) is 0 Å². The van der Waals surface area contributed by atoms with Crippen LogP contribution in [0, 0.1) is 11.3 Å². The second-order valence-electron chi connectivity index (χ2n) is 4.40. The lowest BCUT2D eigenvalue weighted by molar-refractivity contribution is 0.152. The smallest absolute Gasteiger partial charge is 0.0538 e. The predicted octanol–water partition coefficient (Wildman–Crippen LogP) is 1.36. The third-order valence-corrected chi connectivity index (χ3v) is 3.71. The lowest BCUT2D eigenvalue weighted by atomic mass is 9.78. The van der Waals surface area contributed by atoms with Crippen LogP contribution in [0.25, 0.3) is 0 Å². The second kappa shape index (κ2) is 3.00. The van der Waals surface area contributed by atoms with Gasteiger partial charge < -0.3 is 9.64 Å². The highest BCUT2D eigenvalue weighted by Gasteiger charge is 2.45. The zero-order chi connectivity index (χ0) is 8.60. The number of rotatable bonds is 1. The molecule has 2 aliphatic heterocycles. The van der Waals surface area contributed by atoms with Crippen LogP contribution in [0.15, 0.2) is 0 Å². The highest BCUT2D eigenvalue weighted by Crippen LogP contribution is 2.42. The van der Waals surface area contributed by atoms with Gasteiger partial charge in [-0.2, -0.15) is 0 Å². The van der Waals surface area contributed by atoms with Crippen molar-refractivity contribution in [2.45, 2.75) is 20.3 Å². The number of ether oxygens (including phenoxy) is 1. The Morgan fingerprint density at radius 1 is 1.58 bits per heavy atom. The molecule has 2 unspecified atom stereocenters. The summed E-state index contributed by atoms with van der Waals surface area (Å²) >= 11 is 0. The summed E-state index contributed by atoms with van der Waals surface area (Å²) < 4.78 is 5.56. The number of likely N-dealkylation sites (tertiary alicyclic amines) is 1. The molecule has 0 radical (unpaired) electrons. The van der Waals surface area contributed by atoms with E-state index in [9.17, 15) is 0 Å². The first-order chi connectivity index (χ1) is 5.77. The fourth-order valence-corrected chi connectivity index (χ4v) is 2.53. The molecule has 0 aromatic rings. The van der Waals surface area contributed by atoms with E-state index >= 15 is 0 Å². The Bertz CT molecular complexity index is 171. The van der Waals surface area contributed by atoms with Crippen molar-refractivity contribution in [3.05, 3.63) is 0 Å². The first-order valence-electron chi connectivity index (χ1n) is 5.07. The van der Waals surface area contributed by atoms with Crippen molar-refractivity contribution >= 4 is 0 Å². The molecule has 2 heteroatoms. The molecule has 0 N–H and O–H groups in total. The molecule has 2 saturated heterocycles. The monoisotopic (exact) mass is 169 g/mol. The minimum atomic E-state index is 0.524. The summed E-state index contributed by atoms with van der Waals surface area (Å²) in [5.74, 6) is 0.772. The summed E-state index contributed by atoms with van der Waals surface area (Å²) in [5, 5.41) is 0. The van der Waals surface area contributed by atoms with Crippen molar-refractivity contribution in [2.24, 2.45) is 11.3 Å². The zero-order valence-corrected chi connectivity index (χ0v) is 8.18. The predicted molar refractivity (Wildman–Crippen MR) is 49.1 cm³/mol. The largest absolute Gasteiger partial charge is 0.381 e. The highest BCUT2D eigenvalue weighted by atomic mass is 16.5. The van der Waals surface area contributed by atoms with Gasteiger partial charge in [-0.15, -0.1) is 0 Å². The summed E-state index contributed by atoms with van der Waals surface area (Å²) in [6.07, 6.45) is 1.35. The normalized spacial score (nSPS) is 43.0. The molecule has 12 heavy (non-hydrogen) atoms. The maximum atomic E-state index is 5.56. The second-order valence-corrected chi connectivity index (χ2v) is 4.40. The van der Waals surface area contributed by atoms with E-state index in [1.54, 1.807) is 0 Å². The van der Waals surface area contributed by atoms with Gasteiger partial charge in [-0.05, 0) is 25.4 Å². The van der Waals surface area contributed by atoms with E-state index in [0.29, 0.717) is 5.41 Å². The fraction of sp³-hybridized carbons (Fsp3) is 1.00. The van der Waals surface area contributed by atoms with Gasteiger partial charge in [0, 0.05) is 18.6 Å². The Balaban J connectivity index is 2.04. The maximum absolute atomic E-state index is 5.56. The fourth-order valence-electron chi connectivity index (χ4n) is 2.53. The Morgan fingerprint density at radius 2 is 2.42 bits per heavy atom. The molecule has 2 aliphatic rings. The molecule has 0 bridgehead atoms. The molecule has 0 saturated carbocycles. The number of hydrogen-bond donors (Lipinski definition) is 0. The van der Waals surface area contributed by atoms with Crippen LogP contribution in [0.5, 0.6) is 0 Å². The molecule has 1 spiro atoms. The van der Waals surface area contributed by atoms with Crippen molar-refractivity contribution in [2.75, 3.05) is 32.8 Å². The molecule has 2 nitrogen and oxygen atoms in total. The summed E-state index contributed by atoms with van der Waals surface area (Å²) in [7, 11) is 0. The molecule has 0 aromatic carbocycles. The van der Waals surface area contributed by atoms with Crippen molar-refractivity contribution in [3.8, 4) is 0 Å². The molecule has 0 aromatic heterocycles. The first-order valence-corrected chi connectivity index (χ1v) is 5.07. The molecule has 2 fully saturated rings. The van der Waals surface area contributed by atoms with Gasteiger partial charge in [0.25, 0.3) is 0 Å². The maximum Gasteiger partial charge on any atom is 0.0538 e. The summed E-state index contributed by atoms with van der Waals surface area (Å²) in [4.78, 5) is 2.55. The van der Waals surface area contributed by atoms with Crippen molar-refractivity contribution < 1.29 is 4.74 Å². The summed E-state index contributed by atoms with van der Waals surface area (Å²) in [6, 6.07) is 0. The van der Waals surface area contributed by atoms with Crippen LogP contribution >= 0.6 is 0 Å². The van der Waals surface area contributed by atoms with E-state index in [-0.39, 0.29) is 0 Å². The van der Waals surface area contributed by atoms with Crippen LogP contribution in [0.4, 0.5) is 0 Å². The van der Waals surface area contributed by atoms with Crippen LogP contribution in [-0.2, 0) is 4.74 Å². The summed E-state index contributed by atoms with van der Waals surface area (Å²) in [5.41, 5.74) is 0.524. The minimum Gasteiger partial charge on any atom is -0.381 e. The van der Waals surface area contributed by atoms with Crippen LogP contribution in [0.1, 0.15) is 20.3 Å². The van der Waals surface area contributed by atoms with Crippen molar-refractivity contribution in [1.82, 2.24) is 4.90 Å². The number of hydrogen-bond acceptors (Lipinski definition) is 2.